The molecule has 0 aliphatic carbocycles. The number of urea groups is 1. The average molecular weight is 296 g/mol. The molecule has 1 aliphatic rings. The summed E-state index contributed by atoms with van der Waals surface area (Å²) in [7, 11) is 1.47. The maximum Gasteiger partial charge on any atom is 0.322 e. The number of carbonyl (C=O) groups excluding carboxylic acids is 1. The predicted molar refractivity (Wildman–Crippen MR) is 77.9 cm³/mol. The molecule has 1 aromatic carbocycles. The van der Waals surface area contributed by atoms with Gasteiger partial charge in [0.25, 0.3) is 0 Å². The van der Waals surface area contributed by atoms with Crippen molar-refractivity contribution in [2.24, 2.45) is 5.92 Å². The summed E-state index contributed by atoms with van der Waals surface area (Å²) in [6, 6.07) is 3.77. The second-order valence-corrected chi connectivity index (χ2v) is 5.40. The maximum atomic E-state index is 13.3. The van der Waals surface area contributed by atoms with Crippen LogP contribution in [0.4, 0.5) is 14.9 Å². The molecule has 0 spiro atoms. The van der Waals surface area contributed by atoms with E-state index in [0.29, 0.717) is 18.0 Å². The zero-order chi connectivity index (χ0) is 15.4. The Kier molecular flexibility index (Phi) is 5.01. The maximum absolute atomic E-state index is 13.3. The molecular weight excluding hydrogens is 275 g/mol. The zero-order valence-corrected chi connectivity index (χ0v) is 12.3. The minimum atomic E-state index is -0.439. The van der Waals surface area contributed by atoms with Gasteiger partial charge < -0.3 is 20.1 Å². The van der Waals surface area contributed by atoms with Gasteiger partial charge in [-0.3, -0.25) is 0 Å². The number of halogens is 1. The number of benzene rings is 1. The Bertz CT molecular complexity index is 510. The number of anilines is 1. The fraction of sp³-hybridized carbons (Fsp3) is 0.533. The van der Waals surface area contributed by atoms with E-state index < -0.39 is 5.82 Å². The quantitative estimate of drug-likeness (QED) is 0.900. The van der Waals surface area contributed by atoms with Crippen molar-refractivity contribution in [3.05, 3.63) is 24.0 Å². The number of rotatable bonds is 3. The number of ether oxygens (including phenoxy) is 1. The highest BCUT2D eigenvalue weighted by atomic mass is 19.1. The number of aliphatic hydroxyl groups excluding tert-OH is 1. The molecule has 1 heterocycles. The standard InChI is InChI=1S/C15H21FN2O3/c1-10-3-4-11(9-19)8-18(10)15(20)17-13-7-12(16)5-6-14(13)21-2/h5-7,10-11,19H,3-4,8-9H2,1-2H3,(H,17,20). The first kappa shape index (κ1) is 15.6. The van der Waals surface area contributed by atoms with Crippen molar-refractivity contribution < 1.29 is 19.0 Å². The lowest BCUT2D eigenvalue weighted by Crippen LogP contribution is -2.48. The van der Waals surface area contributed by atoms with Crippen molar-refractivity contribution in [3.8, 4) is 5.75 Å². The summed E-state index contributed by atoms with van der Waals surface area (Å²) in [5.74, 6) is 0.0699. The third kappa shape index (κ3) is 3.64. The third-order valence-electron chi connectivity index (χ3n) is 3.90. The Labute approximate surface area is 123 Å². The van der Waals surface area contributed by atoms with Crippen LogP contribution in [0.15, 0.2) is 18.2 Å². The smallest absolute Gasteiger partial charge is 0.322 e. The summed E-state index contributed by atoms with van der Waals surface area (Å²) in [6.07, 6.45) is 1.75. The highest BCUT2D eigenvalue weighted by Gasteiger charge is 2.29. The van der Waals surface area contributed by atoms with Gasteiger partial charge in [0, 0.05) is 25.3 Å². The molecule has 1 saturated heterocycles. The van der Waals surface area contributed by atoms with Gasteiger partial charge in [-0.25, -0.2) is 9.18 Å². The summed E-state index contributed by atoms with van der Waals surface area (Å²) in [5, 5.41) is 11.9. The van der Waals surface area contributed by atoms with Crippen molar-refractivity contribution >= 4 is 11.7 Å². The molecule has 0 radical (unpaired) electrons. The van der Waals surface area contributed by atoms with Gasteiger partial charge >= 0.3 is 6.03 Å². The van der Waals surface area contributed by atoms with Gasteiger partial charge in [0.05, 0.1) is 12.8 Å². The van der Waals surface area contributed by atoms with E-state index >= 15 is 0 Å². The molecule has 1 aliphatic heterocycles. The Hall–Kier alpha value is -1.82. The lowest BCUT2D eigenvalue weighted by atomic mass is 9.94. The van der Waals surface area contributed by atoms with E-state index in [1.807, 2.05) is 6.92 Å². The van der Waals surface area contributed by atoms with Crippen LogP contribution in [0.25, 0.3) is 0 Å². The SMILES string of the molecule is COc1ccc(F)cc1NC(=O)N1CC(CO)CCC1C. The van der Waals surface area contributed by atoms with Crippen molar-refractivity contribution in [2.75, 3.05) is 25.6 Å². The van der Waals surface area contributed by atoms with Gasteiger partial charge in [0.1, 0.15) is 11.6 Å². The van der Waals surface area contributed by atoms with Crippen LogP contribution in [-0.2, 0) is 0 Å². The number of amides is 2. The number of methoxy groups -OCH3 is 1. The van der Waals surface area contributed by atoms with Gasteiger partial charge in [0.2, 0.25) is 0 Å². The Balaban J connectivity index is 2.11. The molecule has 2 amide bonds. The number of aliphatic hydroxyl groups is 1. The van der Waals surface area contributed by atoms with Gasteiger partial charge in [-0.2, -0.15) is 0 Å². The van der Waals surface area contributed by atoms with E-state index in [1.54, 1.807) is 4.90 Å². The first-order valence-corrected chi connectivity index (χ1v) is 7.07. The summed E-state index contributed by atoms with van der Waals surface area (Å²) in [6.45, 7) is 2.54. The molecule has 0 aromatic heterocycles. The van der Waals surface area contributed by atoms with Crippen LogP contribution in [0, 0.1) is 11.7 Å². The first-order chi connectivity index (χ1) is 10.0. The highest BCUT2D eigenvalue weighted by Crippen LogP contribution is 2.27. The van der Waals surface area contributed by atoms with Crippen molar-refractivity contribution in [1.29, 1.82) is 0 Å². The molecule has 21 heavy (non-hydrogen) atoms. The minimum Gasteiger partial charge on any atom is -0.495 e. The fourth-order valence-corrected chi connectivity index (χ4v) is 2.58. The van der Waals surface area contributed by atoms with Gasteiger partial charge in [-0.15, -0.1) is 0 Å². The van der Waals surface area contributed by atoms with Crippen LogP contribution in [0.2, 0.25) is 0 Å². The Morgan fingerprint density at radius 3 is 2.95 bits per heavy atom. The van der Waals surface area contributed by atoms with E-state index in [0.717, 1.165) is 12.8 Å². The average Bonchev–Trinajstić information content (AvgIpc) is 2.48. The van der Waals surface area contributed by atoms with E-state index in [9.17, 15) is 14.3 Å². The van der Waals surface area contributed by atoms with Gasteiger partial charge in [-0.05, 0) is 37.8 Å². The molecule has 1 aromatic rings. The second-order valence-electron chi connectivity index (χ2n) is 5.40. The van der Waals surface area contributed by atoms with E-state index in [-0.39, 0.29) is 24.6 Å². The lowest BCUT2D eigenvalue weighted by molar-refractivity contribution is 0.107. The lowest BCUT2D eigenvalue weighted by Gasteiger charge is -2.37. The van der Waals surface area contributed by atoms with Crippen molar-refractivity contribution in [1.82, 2.24) is 4.90 Å². The monoisotopic (exact) mass is 296 g/mol. The fourth-order valence-electron chi connectivity index (χ4n) is 2.58. The molecule has 2 unspecified atom stereocenters. The van der Waals surface area contributed by atoms with Crippen molar-refractivity contribution in [2.45, 2.75) is 25.8 Å². The zero-order valence-electron chi connectivity index (χ0n) is 12.3. The molecule has 5 nitrogen and oxygen atoms in total. The number of hydrogen-bond acceptors (Lipinski definition) is 3. The topological polar surface area (TPSA) is 61.8 Å². The summed E-state index contributed by atoms with van der Waals surface area (Å²) >= 11 is 0. The normalized spacial score (nSPS) is 22.0. The predicted octanol–water partition coefficient (Wildman–Crippen LogP) is 2.46. The van der Waals surface area contributed by atoms with Crippen LogP contribution >= 0.6 is 0 Å². The number of carbonyl (C=O) groups is 1. The van der Waals surface area contributed by atoms with Crippen LogP contribution in [0.3, 0.4) is 0 Å². The van der Waals surface area contributed by atoms with Crippen LogP contribution < -0.4 is 10.1 Å². The Morgan fingerprint density at radius 2 is 2.29 bits per heavy atom. The largest absolute Gasteiger partial charge is 0.495 e. The molecule has 1 fully saturated rings. The molecule has 2 atom stereocenters. The number of nitrogens with zero attached hydrogens (tertiary/aromatic N) is 1. The Morgan fingerprint density at radius 1 is 1.52 bits per heavy atom. The number of piperidine rings is 1. The molecule has 0 bridgehead atoms. The summed E-state index contributed by atoms with van der Waals surface area (Å²) < 4.78 is 18.4. The molecule has 2 rings (SSSR count). The summed E-state index contributed by atoms with van der Waals surface area (Å²) in [5.41, 5.74) is 0.306. The summed E-state index contributed by atoms with van der Waals surface area (Å²) in [4.78, 5) is 14.0. The van der Waals surface area contributed by atoms with Gasteiger partial charge in [0.15, 0.2) is 0 Å². The number of nitrogens with one attached hydrogen (secondary N) is 1. The van der Waals surface area contributed by atoms with E-state index in [4.69, 9.17) is 4.74 Å². The number of likely N-dealkylation sites (tertiary alicyclic amines) is 1. The molecule has 2 N–H and O–H groups in total. The number of hydrogen-bond donors (Lipinski definition) is 2. The van der Waals surface area contributed by atoms with Crippen LogP contribution in [-0.4, -0.2) is 42.3 Å². The minimum absolute atomic E-state index is 0.0692. The molecule has 6 heteroatoms. The molecule has 116 valence electrons. The second kappa shape index (κ2) is 6.76. The highest BCUT2D eigenvalue weighted by molar-refractivity contribution is 5.91. The van der Waals surface area contributed by atoms with Crippen molar-refractivity contribution in [3.63, 3.8) is 0 Å². The molecular formula is C15H21FN2O3. The third-order valence-corrected chi connectivity index (χ3v) is 3.90. The van der Waals surface area contributed by atoms with Crippen LogP contribution in [0.5, 0.6) is 5.75 Å². The molecule has 0 saturated carbocycles. The van der Waals surface area contributed by atoms with E-state index in [2.05, 4.69) is 5.32 Å². The van der Waals surface area contributed by atoms with E-state index in [1.165, 1.54) is 25.3 Å². The first-order valence-electron chi connectivity index (χ1n) is 7.07. The van der Waals surface area contributed by atoms with Crippen LogP contribution in [0.1, 0.15) is 19.8 Å². The van der Waals surface area contributed by atoms with Gasteiger partial charge in [-0.1, -0.05) is 0 Å².